The third kappa shape index (κ3) is 6.00. The summed E-state index contributed by atoms with van der Waals surface area (Å²) in [6.45, 7) is 0. The van der Waals surface area contributed by atoms with E-state index in [2.05, 4.69) is 10.1 Å². The first-order valence-electron chi connectivity index (χ1n) is 7.57. The lowest BCUT2D eigenvalue weighted by molar-refractivity contribution is -0.141. The average Bonchev–Trinajstić information content (AvgIpc) is 2.61. The van der Waals surface area contributed by atoms with Crippen molar-refractivity contribution < 1.29 is 23.1 Å². The van der Waals surface area contributed by atoms with E-state index in [4.69, 9.17) is 11.6 Å². The molecule has 138 valence electrons. The summed E-state index contributed by atoms with van der Waals surface area (Å²) in [5, 5.41) is 3.29. The van der Waals surface area contributed by atoms with E-state index in [-0.39, 0.29) is 6.42 Å². The van der Waals surface area contributed by atoms with Crippen molar-refractivity contribution in [2.24, 2.45) is 0 Å². The van der Waals surface area contributed by atoms with E-state index in [1.807, 2.05) is 0 Å². The van der Waals surface area contributed by atoms with Crippen molar-refractivity contribution in [3.8, 4) is 0 Å². The van der Waals surface area contributed by atoms with Gasteiger partial charge in [-0.15, -0.1) is 0 Å². The zero-order valence-electron chi connectivity index (χ0n) is 13.7. The number of halogens is 3. The molecule has 0 aliphatic heterocycles. The Morgan fingerprint density at radius 3 is 2.27 bits per heavy atom. The summed E-state index contributed by atoms with van der Waals surface area (Å²) in [5.74, 6) is -3.43. The second kappa shape index (κ2) is 9.54. The molecule has 1 atom stereocenters. The van der Waals surface area contributed by atoms with Gasteiger partial charge in [-0.3, -0.25) is 9.59 Å². The van der Waals surface area contributed by atoms with Crippen LogP contribution in [0.15, 0.2) is 53.4 Å². The molecule has 0 aromatic heterocycles. The molecule has 8 heteroatoms. The lowest BCUT2D eigenvalue weighted by Crippen LogP contribution is -2.30. The molecule has 2 aromatic rings. The molecule has 0 saturated heterocycles. The predicted molar refractivity (Wildman–Crippen MR) is 96.6 cm³/mol. The van der Waals surface area contributed by atoms with E-state index in [0.717, 1.165) is 0 Å². The van der Waals surface area contributed by atoms with Crippen molar-refractivity contribution in [2.75, 3.05) is 7.11 Å². The van der Waals surface area contributed by atoms with Gasteiger partial charge in [-0.25, -0.2) is 0 Å². The molecular formula is C18H16ClF2NO3S. The Kier molecular flexibility index (Phi) is 7.41. The number of amides is 1. The fourth-order valence-corrected chi connectivity index (χ4v) is 2.85. The molecule has 0 fully saturated rings. The molecule has 0 heterocycles. The summed E-state index contributed by atoms with van der Waals surface area (Å²) in [5.41, 5.74) is 0.991. The Morgan fingerprint density at radius 1 is 1.12 bits per heavy atom. The van der Waals surface area contributed by atoms with Gasteiger partial charge in [0.05, 0.1) is 19.6 Å². The van der Waals surface area contributed by atoms with Gasteiger partial charge < -0.3 is 10.1 Å². The number of methoxy groups -OCH3 is 1. The molecule has 0 saturated carbocycles. The number of thioether (sulfide) groups is 1. The standard InChI is InChI=1S/C18H16ClF2NO3S/c1-25-16(23)10-15(11-2-6-13(19)7-3-11)22-17(24)12-4-8-14(9-5-12)26-18(20)21/h2-9,15,18H,10H2,1H3,(H,22,24). The van der Waals surface area contributed by atoms with Crippen LogP contribution in [0.2, 0.25) is 5.02 Å². The van der Waals surface area contributed by atoms with Crippen LogP contribution in [-0.4, -0.2) is 24.7 Å². The second-order valence-electron chi connectivity index (χ2n) is 5.26. The molecule has 1 unspecified atom stereocenters. The summed E-state index contributed by atoms with van der Waals surface area (Å²) >= 11 is 6.27. The van der Waals surface area contributed by atoms with Gasteiger partial charge in [-0.2, -0.15) is 8.78 Å². The second-order valence-corrected chi connectivity index (χ2v) is 6.76. The van der Waals surface area contributed by atoms with Gasteiger partial charge in [-0.1, -0.05) is 35.5 Å². The van der Waals surface area contributed by atoms with E-state index in [1.165, 1.54) is 31.4 Å². The number of carbonyl (C=O) groups is 2. The Balaban J connectivity index is 2.14. The third-order valence-corrected chi connectivity index (χ3v) is 4.49. The Labute approximate surface area is 158 Å². The minimum Gasteiger partial charge on any atom is -0.469 e. The zero-order chi connectivity index (χ0) is 19.1. The highest BCUT2D eigenvalue weighted by atomic mass is 35.5. The van der Waals surface area contributed by atoms with Crippen LogP contribution in [0.3, 0.4) is 0 Å². The van der Waals surface area contributed by atoms with Crippen LogP contribution < -0.4 is 5.32 Å². The summed E-state index contributed by atoms with van der Waals surface area (Å²) in [6, 6.07) is 11.9. The Bertz CT molecular complexity index is 754. The molecular weight excluding hydrogens is 384 g/mol. The van der Waals surface area contributed by atoms with E-state index >= 15 is 0 Å². The van der Waals surface area contributed by atoms with Crippen LogP contribution in [0.25, 0.3) is 0 Å². The maximum atomic E-state index is 12.5. The number of benzene rings is 2. The molecule has 0 spiro atoms. The van der Waals surface area contributed by atoms with Gasteiger partial charge >= 0.3 is 5.97 Å². The third-order valence-electron chi connectivity index (χ3n) is 3.52. The van der Waals surface area contributed by atoms with Crippen molar-refractivity contribution in [1.82, 2.24) is 5.32 Å². The summed E-state index contributed by atoms with van der Waals surface area (Å²) < 4.78 is 29.4. The molecule has 0 aliphatic rings. The number of ether oxygens (including phenoxy) is 1. The molecule has 1 amide bonds. The maximum Gasteiger partial charge on any atom is 0.307 e. The molecule has 4 nitrogen and oxygen atoms in total. The van der Waals surface area contributed by atoms with Crippen LogP contribution in [0.4, 0.5) is 8.78 Å². The lowest BCUT2D eigenvalue weighted by Gasteiger charge is -2.18. The molecule has 0 bridgehead atoms. The van der Waals surface area contributed by atoms with Crippen molar-refractivity contribution in [2.45, 2.75) is 23.1 Å². The van der Waals surface area contributed by atoms with Gasteiger partial charge in [-0.05, 0) is 42.0 Å². The lowest BCUT2D eigenvalue weighted by atomic mass is 10.0. The number of nitrogens with one attached hydrogen (secondary N) is 1. The SMILES string of the molecule is COC(=O)CC(NC(=O)c1ccc(SC(F)F)cc1)c1ccc(Cl)cc1. The summed E-state index contributed by atoms with van der Waals surface area (Å²) in [4.78, 5) is 24.5. The normalized spacial score (nSPS) is 11.9. The molecule has 1 N–H and O–H groups in total. The van der Waals surface area contributed by atoms with E-state index in [1.54, 1.807) is 24.3 Å². The van der Waals surface area contributed by atoms with Gasteiger partial charge in [0.2, 0.25) is 0 Å². The van der Waals surface area contributed by atoms with Crippen LogP contribution >= 0.6 is 23.4 Å². The van der Waals surface area contributed by atoms with Gasteiger partial charge in [0.25, 0.3) is 11.7 Å². The summed E-state index contributed by atoms with van der Waals surface area (Å²) in [7, 11) is 1.27. The molecule has 0 aliphatic carbocycles. The minimum absolute atomic E-state index is 0.0524. The van der Waals surface area contributed by atoms with Crippen molar-refractivity contribution in [1.29, 1.82) is 0 Å². The van der Waals surface area contributed by atoms with E-state index < -0.39 is 23.7 Å². The van der Waals surface area contributed by atoms with Crippen LogP contribution in [0.1, 0.15) is 28.4 Å². The maximum absolute atomic E-state index is 12.5. The van der Waals surface area contributed by atoms with Crippen LogP contribution in [0.5, 0.6) is 0 Å². The number of rotatable bonds is 7. The average molecular weight is 400 g/mol. The van der Waals surface area contributed by atoms with E-state index in [0.29, 0.717) is 32.8 Å². The summed E-state index contributed by atoms with van der Waals surface area (Å²) in [6.07, 6.45) is -0.0524. The Hall–Kier alpha value is -2.12. The number of esters is 1. The predicted octanol–water partition coefficient (Wildman–Crippen LogP) is 4.69. The largest absolute Gasteiger partial charge is 0.469 e. The monoisotopic (exact) mass is 399 g/mol. The van der Waals surface area contributed by atoms with Crippen LogP contribution in [-0.2, 0) is 9.53 Å². The highest BCUT2D eigenvalue weighted by molar-refractivity contribution is 7.99. The Morgan fingerprint density at radius 2 is 1.73 bits per heavy atom. The minimum atomic E-state index is -2.52. The quantitative estimate of drug-likeness (QED) is 0.542. The fourth-order valence-electron chi connectivity index (χ4n) is 2.23. The number of carbonyl (C=O) groups excluding carboxylic acids is 2. The molecule has 2 rings (SSSR count). The number of hydrogen-bond donors (Lipinski definition) is 1. The number of alkyl halides is 2. The molecule has 0 radical (unpaired) electrons. The first-order valence-corrected chi connectivity index (χ1v) is 8.83. The first-order chi connectivity index (χ1) is 12.4. The van der Waals surface area contributed by atoms with Crippen LogP contribution in [0, 0.1) is 0 Å². The topological polar surface area (TPSA) is 55.4 Å². The van der Waals surface area contributed by atoms with Gasteiger partial charge in [0.1, 0.15) is 0 Å². The van der Waals surface area contributed by atoms with Crippen molar-refractivity contribution in [3.05, 3.63) is 64.7 Å². The van der Waals surface area contributed by atoms with Crippen molar-refractivity contribution in [3.63, 3.8) is 0 Å². The first kappa shape index (κ1) is 20.2. The molecule has 26 heavy (non-hydrogen) atoms. The highest BCUT2D eigenvalue weighted by Gasteiger charge is 2.20. The van der Waals surface area contributed by atoms with Crippen molar-refractivity contribution >= 4 is 35.2 Å². The van der Waals surface area contributed by atoms with Gasteiger partial charge in [0.15, 0.2) is 0 Å². The smallest absolute Gasteiger partial charge is 0.307 e. The number of hydrogen-bond acceptors (Lipinski definition) is 4. The molecule has 2 aromatic carbocycles. The van der Waals surface area contributed by atoms with E-state index in [9.17, 15) is 18.4 Å². The fraction of sp³-hybridized carbons (Fsp3) is 0.222. The highest BCUT2D eigenvalue weighted by Crippen LogP contribution is 2.25. The zero-order valence-corrected chi connectivity index (χ0v) is 15.3. The van der Waals surface area contributed by atoms with Gasteiger partial charge in [0, 0.05) is 15.5 Å².